The van der Waals surface area contributed by atoms with E-state index in [0.717, 1.165) is 69.3 Å². The average molecular weight is 571 g/mol. The van der Waals surface area contributed by atoms with Crippen molar-refractivity contribution in [1.29, 1.82) is 0 Å². The van der Waals surface area contributed by atoms with Crippen LogP contribution in [0.5, 0.6) is 5.75 Å². The minimum atomic E-state index is -0.0432. The zero-order valence-corrected chi connectivity index (χ0v) is 25.3. The second kappa shape index (κ2) is 14.4. The zero-order valence-electron chi connectivity index (χ0n) is 21.0. The number of aromatic amines is 1. The molecule has 2 amide bonds. The van der Waals surface area contributed by atoms with Crippen molar-refractivity contribution in [2.45, 2.75) is 51.4 Å². The van der Waals surface area contributed by atoms with Gasteiger partial charge in [0.25, 0.3) is 0 Å². The van der Waals surface area contributed by atoms with E-state index in [1.165, 1.54) is 28.8 Å². The van der Waals surface area contributed by atoms with Crippen LogP contribution in [0.15, 0.2) is 24.4 Å². The van der Waals surface area contributed by atoms with E-state index in [-0.39, 0.29) is 69.1 Å². The molecule has 186 valence electrons. The first-order valence-electron chi connectivity index (χ1n) is 12.7. The van der Waals surface area contributed by atoms with E-state index in [9.17, 15) is 9.59 Å². The fourth-order valence-corrected chi connectivity index (χ4v) is 5.59. The summed E-state index contributed by atoms with van der Waals surface area (Å²) < 4.78 is 6.01. The van der Waals surface area contributed by atoms with Gasteiger partial charge in [0.2, 0.25) is 11.8 Å². The standard InChI is InChI=1S/C26H34N3O3.CH4S.Sr/c30-25-21-7-1-2-8-22(21)26(31)29(25)14-5-6-16-32-20-9-10-24-23(17-20)19(18-27-24)11-15-28-12-3-4-13-28;1-2;/h3,9-10,17-18,21-22,27H,1-2,4-8,11-16H2;2H,1H3;/q-1;;+2/p-1. The van der Waals surface area contributed by atoms with Crippen molar-refractivity contribution in [3.63, 3.8) is 0 Å². The smallest absolute Gasteiger partial charge is 0.796 e. The predicted molar refractivity (Wildman–Crippen MR) is 143 cm³/mol. The molecule has 0 radical (unpaired) electrons. The van der Waals surface area contributed by atoms with Gasteiger partial charge in [0.1, 0.15) is 5.75 Å². The van der Waals surface area contributed by atoms with Crippen LogP contribution in [-0.4, -0.2) is 111 Å². The Morgan fingerprint density at radius 2 is 1.83 bits per heavy atom. The number of imide groups is 1. The largest absolute Gasteiger partial charge is 2.00 e. The Balaban J connectivity index is 0.00000111. The molecule has 2 aromatic rings. The van der Waals surface area contributed by atoms with Crippen LogP contribution >= 0.6 is 0 Å². The van der Waals surface area contributed by atoms with Crippen molar-refractivity contribution in [3.8, 4) is 5.75 Å². The summed E-state index contributed by atoms with van der Waals surface area (Å²) in [5.41, 5.74) is 2.48. The SMILES string of the molecule is C[S-].O=C1C2CCCCC2C(=O)N1CCCCOc1ccc2[nH]cc(CCN3C[CH-]CC3)c2c1.[Sr+2]. The number of ether oxygens (including phenoxy) is 1. The normalized spacial score (nSPS) is 22.1. The maximum Gasteiger partial charge on any atom is 2.00 e. The molecule has 2 saturated heterocycles. The Labute approximate surface area is 252 Å². The third kappa shape index (κ3) is 7.08. The number of unbranched alkanes of at least 4 members (excludes halogenated alkanes) is 1. The molecule has 1 aromatic heterocycles. The van der Waals surface area contributed by atoms with Crippen LogP contribution in [0.3, 0.4) is 0 Å². The molecular weight excluding hydrogens is 534 g/mol. The molecule has 3 fully saturated rings. The van der Waals surface area contributed by atoms with E-state index in [0.29, 0.717) is 13.2 Å². The Kier molecular flexibility index (Phi) is 12.0. The fraction of sp³-hybridized carbons (Fsp3) is 0.593. The van der Waals surface area contributed by atoms with Crippen molar-refractivity contribution in [2.24, 2.45) is 11.8 Å². The second-order valence-corrected chi connectivity index (χ2v) is 9.53. The number of carbonyl (C=O) groups is 2. The number of H-pyrrole nitrogens is 1. The van der Waals surface area contributed by atoms with E-state index >= 15 is 0 Å². The summed E-state index contributed by atoms with van der Waals surface area (Å²) in [4.78, 5) is 32.5. The van der Waals surface area contributed by atoms with Crippen molar-refractivity contribution in [2.75, 3.05) is 39.0 Å². The van der Waals surface area contributed by atoms with Crippen molar-refractivity contribution in [1.82, 2.24) is 14.8 Å². The first kappa shape index (κ1) is 29.1. The molecule has 1 aliphatic carbocycles. The molecule has 2 aliphatic heterocycles. The van der Waals surface area contributed by atoms with Gasteiger partial charge in [0, 0.05) is 23.6 Å². The quantitative estimate of drug-likeness (QED) is 0.164. The van der Waals surface area contributed by atoms with Gasteiger partial charge in [-0.25, -0.2) is 0 Å². The molecule has 2 unspecified atom stereocenters. The summed E-state index contributed by atoms with van der Waals surface area (Å²) in [6, 6.07) is 6.23. The van der Waals surface area contributed by atoms with Gasteiger partial charge in [-0.15, -0.1) is 6.54 Å². The summed E-state index contributed by atoms with van der Waals surface area (Å²) in [7, 11) is 0. The molecule has 3 heterocycles. The molecule has 6 nitrogen and oxygen atoms in total. The Bertz CT molecular complexity index is 952. The number of carbonyl (C=O) groups excluding carboxylic acids is 2. The molecule has 0 spiro atoms. The minimum absolute atomic E-state index is 0. The number of fused-ring (bicyclic) bond motifs is 2. The topological polar surface area (TPSA) is 65.6 Å². The monoisotopic (exact) mass is 571 g/mol. The van der Waals surface area contributed by atoms with Crippen LogP contribution in [0, 0.1) is 18.3 Å². The van der Waals surface area contributed by atoms with Gasteiger partial charge < -0.3 is 33.7 Å². The third-order valence-electron chi connectivity index (χ3n) is 7.45. The van der Waals surface area contributed by atoms with E-state index in [1.54, 1.807) is 6.26 Å². The molecule has 2 atom stereocenters. The van der Waals surface area contributed by atoms with Crippen molar-refractivity contribution >= 4 is 80.8 Å². The Morgan fingerprint density at radius 1 is 1.09 bits per heavy atom. The molecule has 0 bridgehead atoms. The molecule has 3 aliphatic rings. The summed E-state index contributed by atoms with van der Waals surface area (Å²) in [5.74, 6) is 0.930. The molecule has 8 heteroatoms. The van der Waals surface area contributed by atoms with Crippen LogP contribution < -0.4 is 4.74 Å². The number of likely N-dealkylation sites (tertiary alicyclic amines) is 2. The van der Waals surface area contributed by atoms with Crippen molar-refractivity contribution in [3.05, 3.63) is 36.4 Å². The summed E-state index contributed by atoms with van der Waals surface area (Å²) >= 11 is 4.08. The van der Waals surface area contributed by atoms with Gasteiger partial charge in [-0.3, -0.25) is 14.5 Å². The molecule has 35 heavy (non-hydrogen) atoms. The molecular formula is C27H37N3O3SSr. The van der Waals surface area contributed by atoms with Crippen LogP contribution in [0.25, 0.3) is 10.9 Å². The number of amides is 2. The molecule has 5 rings (SSSR count). The van der Waals surface area contributed by atoms with Crippen LogP contribution in [-0.2, 0) is 28.6 Å². The number of rotatable bonds is 9. The maximum atomic E-state index is 12.6. The molecule has 1 aromatic carbocycles. The zero-order chi connectivity index (χ0) is 23.9. The second-order valence-electron chi connectivity index (χ2n) is 9.53. The summed E-state index contributed by atoms with van der Waals surface area (Å²) in [5, 5.41) is 1.24. The number of benzene rings is 1. The first-order chi connectivity index (χ1) is 16.7. The maximum absolute atomic E-state index is 12.6. The fourth-order valence-electron chi connectivity index (χ4n) is 5.59. The molecule has 1 saturated carbocycles. The van der Waals surface area contributed by atoms with Gasteiger partial charge in [0.05, 0.1) is 18.4 Å². The average Bonchev–Trinajstić information content (AvgIpc) is 3.59. The Hall–Kier alpha value is -0.509. The minimum Gasteiger partial charge on any atom is -0.796 e. The van der Waals surface area contributed by atoms with Gasteiger partial charge in [-0.2, -0.15) is 12.7 Å². The van der Waals surface area contributed by atoms with Gasteiger partial charge in [-0.1, -0.05) is 12.8 Å². The van der Waals surface area contributed by atoms with Crippen LogP contribution in [0.4, 0.5) is 0 Å². The van der Waals surface area contributed by atoms with E-state index in [2.05, 4.69) is 47.3 Å². The van der Waals surface area contributed by atoms with Crippen molar-refractivity contribution < 1.29 is 14.3 Å². The Morgan fingerprint density at radius 3 is 2.51 bits per heavy atom. The summed E-state index contributed by atoms with van der Waals surface area (Å²) in [6.07, 6.45) is 13.8. The molecule has 1 N–H and O–H groups in total. The number of nitrogens with zero attached hydrogens (tertiary/aromatic N) is 2. The van der Waals surface area contributed by atoms with E-state index in [1.807, 2.05) is 6.07 Å². The van der Waals surface area contributed by atoms with Gasteiger partial charge in [-0.05, 0) is 69.0 Å². The number of nitrogens with one attached hydrogen (secondary N) is 1. The van der Waals surface area contributed by atoms with Crippen LogP contribution in [0.1, 0.15) is 50.5 Å². The first-order valence-corrected chi connectivity index (χ1v) is 13.6. The summed E-state index contributed by atoms with van der Waals surface area (Å²) in [6.45, 7) is 4.49. The van der Waals surface area contributed by atoms with E-state index < -0.39 is 0 Å². The van der Waals surface area contributed by atoms with Crippen LogP contribution in [0.2, 0.25) is 0 Å². The predicted octanol–water partition coefficient (Wildman–Crippen LogP) is 3.74. The van der Waals surface area contributed by atoms with E-state index in [4.69, 9.17) is 4.74 Å². The third-order valence-corrected chi connectivity index (χ3v) is 7.45. The number of hydrogen-bond acceptors (Lipinski definition) is 5. The number of hydrogen-bond donors (Lipinski definition) is 1. The number of aromatic nitrogens is 1. The van der Waals surface area contributed by atoms with Gasteiger partial charge >= 0.3 is 45.5 Å². The van der Waals surface area contributed by atoms with Gasteiger partial charge in [0.15, 0.2) is 0 Å².